The molecule has 1 aliphatic heterocycles. The monoisotopic (exact) mass is 160 g/mol. The maximum absolute atomic E-state index is 11.4. The molecule has 1 aromatic heterocycles. The predicted octanol–water partition coefficient (Wildman–Crippen LogP) is 1.04. The maximum Gasteiger partial charge on any atom is 0.256 e. The summed E-state index contributed by atoms with van der Waals surface area (Å²) >= 11 is 0. The summed E-state index contributed by atoms with van der Waals surface area (Å²) in [4.78, 5) is 11.4. The van der Waals surface area contributed by atoms with Crippen LogP contribution in [0.4, 0.5) is 0 Å². The lowest BCUT2D eigenvalue weighted by Gasteiger charge is -2.05. The third kappa shape index (κ3) is 0.961. The summed E-state index contributed by atoms with van der Waals surface area (Å²) in [5.74, 6) is 0.111. The van der Waals surface area contributed by atoms with Crippen molar-refractivity contribution in [2.75, 3.05) is 0 Å². The van der Waals surface area contributed by atoms with E-state index in [2.05, 4.69) is 0 Å². The third-order valence-electron chi connectivity index (χ3n) is 2.08. The first-order chi connectivity index (χ1) is 5.79. The van der Waals surface area contributed by atoms with Gasteiger partial charge >= 0.3 is 0 Å². The molecule has 0 radical (unpaired) electrons. The molecule has 1 aliphatic rings. The highest BCUT2D eigenvalue weighted by atomic mass is 16.1. The first-order valence-corrected chi connectivity index (χ1v) is 3.99. The molecule has 2 nitrogen and oxygen atoms in total. The number of hydrogen-bond acceptors (Lipinski definition) is 1. The lowest BCUT2D eigenvalue weighted by molar-refractivity contribution is -0.690. The Morgan fingerprint density at radius 1 is 1.50 bits per heavy atom. The molecule has 2 heteroatoms. The van der Waals surface area contributed by atoms with Crippen LogP contribution in [0.3, 0.4) is 0 Å². The minimum absolute atomic E-state index is 0.111. The van der Waals surface area contributed by atoms with Crippen LogP contribution in [-0.2, 0) is 6.54 Å². The standard InChI is InChI=1S/C10H10NO/c1-8-4-2-6-11-7-3-5-9(12)10(8)11/h2-6H,7H2,1H3/q+1. The smallest absolute Gasteiger partial charge is 0.256 e. The average Bonchev–Trinajstić information content (AvgIpc) is 2.04. The second-order valence-corrected chi connectivity index (χ2v) is 2.96. The summed E-state index contributed by atoms with van der Waals surface area (Å²) in [6.07, 6.45) is 5.46. The van der Waals surface area contributed by atoms with Gasteiger partial charge in [0.2, 0.25) is 5.78 Å². The number of carbonyl (C=O) groups excluding carboxylic acids is 1. The molecule has 1 aromatic rings. The van der Waals surface area contributed by atoms with E-state index in [9.17, 15) is 4.79 Å². The molecule has 0 aromatic carbocycles. The second kappa shape index (κ2) is 2.55. The van der Waals surface area contributed by atoms with E-state index in [4.69, 9.17) is 0 Å². The Morgan fingerprint density at radius 3 is 3.08 bits per heavy atom. The van der Waals surface area contributed by atoms with Crippen LogP contribution in [-0.4, -0.2) is 5.78 Å². The van der Waals surface area contributed by atoms with Crippen LogP contribution in [0.5, 0.6) is 0 Å². The summed E-state index contributed by atoms with van der Waals surface area (Å²) in [5, 5.41) is 0. The fraction of sp³-hybridized carbons (Fsp3) is 0.200. The van der Waals surface area contributed by atoms with Crippen molar-refractivity contribution in [1.29, 1.82) is 0 Å². The molecular weight excluding hydrogens is 150 g/mol. The van der Waals surface area contributed by atoms with Crippen LogP contribution >= 0.6 is 0 Å². The van der Waals surface area contributed by atoms with E-state index < -0.39 is 0 Å². The fourth-order valence-electron chi connectivity index (χ4n) is 1.51. The normalized spacial score (nSPS) is 14.6. The van der Waals surface area contributed by atoms with Crippen LogP contribution in [0.1, 0.15) is 16.1 Å². The Hall–Kier alpha value is -1.44. The summed E-state index contributed by atoms with van der Waals surface area (Å²) in [6, 6.07) is 3.92. The number of nitrogens with zero attached hydrogens (tertiary/aromatic N) is 1. The highest BCUT2D eigenvalue weighted by Gasteiger charge is 2.21. The SMILES string of the molecule is Cc1ccc[n+]2c1C(=O)C=CC2. The zero-order valence-electron chi connectivity index (χ0n) is 6.95. The summed E-state index contributed by atoms with van der Waals surface area (Å²) < 4.78 is 1.97. The zero-order chi connectivity index (χ0) is 8.55. The van der Waals surface area contributed by atoms with Gasteiger partial charge in [-0.2, -0.15) is 4.57 Å². The number of aryl methyl sites for hydroxylation is 1. The van der Waals surface area contributed by atoms with Crippen LogP contribution in [0, 0.1) is 6.92 Å². The molecule has 60 valence electrons. The van der Waals surface area contributed by atoms with Gasteiger partial charge in [0, 0.05) is 11.6 Å². The van der Waals surface area contributed by atoms with Crippen LogP contribution in [0.15, 0.2) is 30.5 Å². The first-order valence-electron chi connectivity index (χ1n) is 3.99. The molecule has 0 bridgehead atoms. The van der Waals surface area contributed by atoms with E-state index in [1.165, 1.54) is 0 Å². The van der Waals surface area contributed by atoms with Crippen LogP contribution < -0.4 is 4.57 Å². The first kappa shape index (κ1) is 7.22. The van der Waals surface area contributed by atoms with E-state index >= 15 is 0 Å². The third-order valence-corrected chi connectivity index (χ3v) is 2.08. The van der Waals surface area contributed by atoms with E-state index in [-0.39, 0.29) is 5.78 Å². The molecular formula is C10H10NO+. The number of rotatable bonds is 0. The molecule has 2 rings (SSSR count). The molecule has 0 saturated heterocycles. The van der Waals surface area contributed by atoms with Gasteiger partial charge in [0.25, 0.3) is 5.69 Å². The Labute approximate surface area is 71.2 Å². The Bertz CT molecular complexity index is 366. The summed E-state index contributed by atoms with van der Waals surface area (Å²) in [5.41, 5.74) is 1.87. The van der Waals surface area contributed by atoms with Gasteiger partial charge in [0.15, 0.2) is 12.7 Å². The fourth-order valence-corrected chi connectivity index (χ4v) is 1.51. The van der Waals surface area contributed by atoms with Crippen molar-refractivity contribution in [1.82, 2.24) is 0 Å². The van der Waals surface area contributed by atoms with Gasteiger partial charge in [-0.1, -0.05) is 0 Å². The second-order valence-electron chi connectivity index (χ2n) is 2.96. The highest BCUT2D eigenvalue weighted by Crippen LogP contribution is 2.06. The molecule has 2 heterocycles. The molecule has 0 fully saturated rings. The van der Waals surface area contributed by atoms with Crippen molar-refractivity contribution in [2.45, 2.75) is 13.5 Å². The van der Waals surface area contributed by atoms with Gasteiger partial charge in [0.1, 0.15) is 0 Å². The van der Waals surface area contributed by atoms with Crippen molar-refractivity contribution < 1.29 is 9.36 Å². The number of hydrogen-bond donors (Lipinski definition) is 0. The van der Waals surface area contributed by atoms with E-state index in [1.807, 2.05) is 35.9 Å². The molecule has 0 amide bonds. The van der Waals surface area contributed by atoms with Gasteiger partial charge in [-0.3, -0.25) is 4.79 Å². The van der Waals surface area contributed by atoms with Gasteiger partial charge in [-0.15, -0.1) is 0 Å². The predicted molar refractivity (Wildman–Crippen MR) is 44.8 cm³/mol. The molecule has 0 spiro atoms. The van der Waals surface area contributed by atoms with Gasteiger partial charge in [-0.05, 0) is 25.1 Å². The number of pyridine rings is 1. The molecule has 0 atom stereocenters. The average molecular weight is 160 g/mol. The van der Waals surface area contributed by atoms with E-state index in [1.54, 1.807) is 6.08 Å². The number of aromatic nitrogens is 1. The van der Waals surface area contributed by atoms with Crippen molar-refractivity contribution in [3.05, 3.63) is 41.7 Å². The van der Waals surface area contributed by atoms with Crippen molar-refractivity contribution in [3.8, 4) is 0 Å². The lowest BCUT2D eigenvalue weighted by atomic mass is 10.1. The largest absolute Gasteiger partial charge is 0.282 e. The van der Waals surface area contributed by atoms with Gasteiger partial charge in [-0.25, -0.2) is 0 Å². The molecule has 0 aliphatic carbocycles. The van der Waals surface area contributed by atoms with E-state index in [0.29, 0.717) is 0 Å². The molecule has 0 unspecified atom stereocenters. The van der Waals surface area contributed by atoms with Gasteiger partial charge < -0.3 is 0 Å². The Morgan fingerprint density at radius 2 is 2.33 bits per heavy atom. The van der Waals surface area contributed by atoms with Gasteiger partial charge in [0.05, 0.1) is 0 Å². The number of ketones is 1. The van der Waals surface area contributed by atoms with Crippen LogP contribution in [0.2, 0.25) is 0 Å². The van der Waals surface area contributed by atoms with Crippen molar-refractivity contribution in [2.24, 2.45) is 0 Å². The minimum Gasteiger partial charge on any atom is -0.282 e. The Kier molecular flexibility index (Phi) is 1.54. The quantitative estimate of drug-likeness (QED) is 0.519. The zero-order valence-corrected chi connectivity index (χ0v) is 6.95. The van der Waals surface area contributed by atoms with E-state index in [0.717, 1.165) is 17.8 Å². The van der Waals surface area contributed by atoms with Crippen molar-refractivity contribution in [3.63, 3.8) is 0 Å². The number of allylic oxidation sites excluding steroid dienone is 2. The van der Waals surface area contributed by atoms with Crippen LogP contribution in [0.25, 0.3) is 0 Å². The summed E-state index contributed by atoms with van der Waals surface area (Å²) in [6.45, 7) is 2.77. The lowest BCUT2D eigenvalue weighted by Crippen LogP contribution is -2.42. The highest BCUT2D eigenvalue weighted by molar-refractivity contribution is 6.03. The van der Waals surface area contributed by atoms with Crippen molar-refractivity contribution >= 4 is 5.78 Å². The minimum atomic E-state index is 0.111. The maximum atomic E-state index is 11.4. The molecule has 0 N–H and O–H groups in total. The molecule has 0 saturated carbocycles. The number of fused-ring (bicyclic) bond motifs is 1. The number of carbonyl (C=O) groups is 1. The Balaban J connectivity index is 2.66. The summed E-state index contributed by atoms with van der Waals surface area (Å²) in [7, 11) is 0. The topological polar surface area (TPSA) is 20.9 Å². The molecule has 12 heavy (non-hydrogen) atoms.